The molecule has 0 unspecified atom stereocenters. The van der Waals surface area contributed by atoms with Gasteiger partial charge in [0, 0.05) is 37.2 Å². The van der Waals surface area contributed by atoms with Crippen molar-refractivity contribution in [3.63, 3.8) is 0 Å². The van der Waals surface area contributed by atoms with Crippen molar-refractivity contribution in [3.8, 4) is 34.2 Å². The number of halogens is 3. The number of hydrogen-bond donors (Lipinski definition) is 0. The van der Waals surface area contributed by atoms with E-state index in [2.05, 4.69) is 29.9 Å². The summed E-state index contributed by atoms with van der Waals surface area (Å²) < 4.78 is 102. The van der Waals surface area contributed by atoms with Crippen LogP contribution in [0.2, 0.25) is 0 Å². The summed E-state index contributed by atoms with van der Waals surface area (Å²) in [4.78, 5) is 25.1. The van der Waals surface area contributed by atoms with Gasteiger partial charge >= 0.3 is 16.8 Å². The molecule has 0 aromatic carbocycles. The number of pyridine rings is 6. The van der Waals surface area contributed by atoms with E-state index >= 15 is 0 Å². The fourth-order valence-electron chi connectivity index (χ4n) is 3.09. The Bertz CT molecular complexity index is 1380. The number of hydrogen-bond acceptors (Lipinski definition) is 18. The van der Waals surface area contributed by atoms with E-state index in [0.29, 0.717) is 0 Å². The quantitative estimate of drug-likeness (QED) is 0.160. The van der Waals surface area contributed by atoms with Gasteiger partial charge in [0.25, 0.3) is 0 Å². The number of aromatic nitrogens is 6. The first-order valence-corrected chi connectivity index (χ1v) is 16.9. The molecular formula is C30H24Cl3CoN6O12. The van der Waals surface area contributed by atoms with Crippen LogP contribution in [0.1, 0.15) is 0 Å². The molecule has 0 spiro atoms. The number of nitrogens with zero attached hydrogens (tertiary/aromatic N) is 6. The van der Waals surface area contributed by atoms with E-state index in [9.17, 15) is 0 Å². The molecule has 0 aliphatic carbocycles. The van der Waals surface area contributed by atoms with Gasteiger partial charge in [0.1, 0.15) is 0 Å². The molecule has 0 bridgehead atoms. The van der Waals surface area contributed by atoms with Crippen LogP contribution >= 0.6 is 0 Å². The Morgan fingerprint density at radius 3 is 0.442 bits per heavy atom. The first-order chi connectivity index (χ1) is 23.9. The monoisotopic (exact) mass is 824 g/mol. The molecule has 0 aliphatic heterocycles. The smallest absolute Gasteiger partial charge is 0.255 e. The van der Waals surface area contributed by atoms with Crippen LogP contribution in [-0.2, 0) is 16.8 Å². The van der Waals surface area contributed by atoms with Crippen molar-refractivity contribution in [1.29, 1.82) is 0 Å². The third kappa shape index (κ3) is 29.5. The summed E-state index contributed by atoms with van der Waals surface area (Å²) in [5, 5.41) is 0. The molecule has 18 nitrogen and oxygen atoms in total. The van der Waals surface area contributed by atoms with Gasteiger partial charge in [-0.15, -0.1) is 30.7 Å². The second-order valence-electron chi connectivity index (χ2n) is 8.42. The Balaban J connectivity index is 0.000000627. The summed E-state index contributed by atoms with van der Waals surface area (Å²) in [6, 6.07) is 34.8. The molecule has 6 aromatic rings. The van der Waals surface area contributed by atoms with Crippen molar-refractivity contribution < 1.29 is 103 Å². The Labute approximate surface area is 312 Å². The molecule has 0 saturated heterocycles. The summed E-state index contributed by atoms with van der Waals surface area (Å²) in [6.07, 6.45) is 10.6. The molecule has 0 N–H and O–H groups in total. The van der Waals surface area contributed by atoms with Gasteiger partial charge in [0.2, 0.25) is 0 Å². The summed E-state index contributed by atoms with van der Waals surface area (Å²) in [5.74, 6) is 0. The minimum atomic E-state index is -4.94. The molecule has 6 aromatic heterocycles. The van der Waals surface area contributed by atoms with Crippen molar-refractivity contribution in [1.82, 2.24) is 29.9 Å². The topological polar surface area (TPSA) is 354 Å². The van der Waals surface area contributed by atoms with Gasteiger partial charge in [-0.1, -0.05) is 36.4 Å². The van der Waals surface area contributed by atoms with Gasteiger partial charge in [-0.25, -0.2) is 55.9 Å². The average Bonchev–Trinajstić information content (AvgIpc) is 3.09. The van der Waals surface area contributed by atoms with Crippen LogP contribution in [0.15, 0.2) is 146 Å². The summed E-state index contributed by atoms with van der Waals surface area (Å²) in [6.45, 7) is 0. The van der Waals surface area contributed by atoms with Crippen LogP contribution in [0, 0.1) is 30.7 Å². The van der Waals surface area contributed by atoms with Crippen LogP contribution in [0.5, 0.6) is 0 Å². The normalized spacial score (nSPS) is 10.2. The molecule has 0 amide bonds. The van der Waals surface area contributed by atoms with Crippen LogP contribution in [-0.4, -0.2) is 29.9 Å². The second-order valence-corrected chi connectivity index (χ2v) is 10.7. The molecule has 0 atom stereocenters. The van der Waals surface area contributed by atoms with Crippen LogP contribution in [0.4, 0.5) is 0 Å². The summed E-state index contributed by atoms with van der Waals surface area (Å²) >= 11 is 0. The number of rotatable bonds is 3. The summed E-state index contributed by atoms with van der Waals surface area (Å²) in [5.41, 5.74) is 5.49. The summed E-state index contributed by atoms with van der Waals surface area (Å²) in [7, 11) is -14.8. The van der Waals surface area contributed by atoms with Gasteiger partial charge in [-0.05, 0) is 72.8 Å². The van der Waals surface area contributed by atoms with Crippen molar-refractivity contribution >= 4 is 0 Å². The molecule has 0 fully saturated rings. The van der Waals surface area contributed by atoms with Crippen LogP contribution < -0.4 is 55.9 Å². The van der Waals surface area contributed by atoms with Gasteiger partial charge in [-0.2, -0.15) is 0 Å². The predicted molar refractivity (Wildman–Crippen MR) is 142 cm³/mol. The standard InChI is InChI=1S/3C10H8N2.3ClHO4.Co/c3*1-3-7-11-9(5-1)10-6-2-4-8-12-10;3*2-1(3,4)5;/h3*1-8H;3*(H,2,3,4,5);/q;;;;;;+3/p-3. The minimum Gasteiger partial charge on any atom is -0.255 e. The molecule has 22 heteroatoms. The van der Waals surface area contributed by atoms with Crippen molar-refractivity contribution in [2.45, 2.75) is 0 Å². The van der Waals surface area contributed by atoms with E-state index in [-0.39, 0.29) is 16.8 Å². The molecular weight excluding hydrogens is 802 g/mol. The maximum atomic E-state index is 8.49. The van der Waals surface area contributed by atoms with E-state index in [1.54, 1.807) is 37.2 Å². The molecule has 6 rings (SSSR count). The van der Waals surface area contributed by atoms with E-state index in [0.717, 1.165) is 34.2 Å². The van der Waals surface area contributed by atoms with Gasteiger partial charge in [0.05, 0.1) is 34.2 Å². The third-order valence-electron chi connectivity index (χ3n) is 4.78. The largest absolute Gasteiger partial charge is 3.00 e. The van der Waals surface area contributed by atoms with Crippen molar-refractivity contribution in [3.05, 3.63) is 146 Å². The fourth-order valence-corrected chi connectivity index (χ4v) is 3.09. The van der Waals surface area contributed by atoms with Crippen molar-refractivity contribution in [2.75, 3.05) is 0 Å². The predicted octanol–water partition coefficient (Wildman–Crippen LogP) is -7.84. The average molecular weight is 826 g/mol. The second kappa shape index (κ2) is 25.7. The molecule has 52 heavy (non-hydrogen) atoms. The SMILES string of the molecule is [Co+3].[O-][Cl+3]([O-])([O-])[O-].[O-][Cl+3]([O-])([O-])[O-].[O-][Cl+3]([O-])([O-])[O-].c1ccc(-c2ccccn2)nc1.c1ccc(-c2ccccn2)nc1.c1ccc(-c2ccccn2)nc1. The van der Waals surface area contributed by atoms with E-state index in [1.807, 2.05) is 109 Å². The van der Waals surface area contributed by atoms with E-state index < -0.39 is 30.7 Å². The van der Waals surface area contributed by atoms with Gasteiger partial charge in [-0.3, -0.25) is 29.9 Å². The zero-order valence-corrected chi connectivity index (χ0v) is 29.2. The van der Waals surface area contributed by atoms with Gasteiger partial charge in [0.15, 0.2) is 0 Å². The Morgan fingerprint density at radius 2 is 0.365 bits per heavy atom. The maximum absolute atomic E-state index is 8.49. The molecule has 0 saturated carbocycles. The molecule has 0 radical (unpaired) electrons. The first kappa shape index (κ1) is 47.8. The van der Waals surface area contributed by atoms with E-state index in [1.165, 1.54) is 0 Å². The maximum Gasteiger partial charge on any atom is 3.00 e. The van der Waals surface area contributed by atoms with Crippen LogP contribution in [0.25, 0.3) is 34.2 Å². The first-order valence-electron chi connectivity index (χ1n) is 13.2. The zero-order chi connectivity index (χ0) is 38.2. The Kier molecular flexibility index (Phi) is 23.6. The van der Waals surface area contributed by atoms with Crippen LogP contribution in [0.3, 0.4) is 0 Å². The zero-order valence-electron chi connectivity index (χ0n) is 25.9. The molecule has 276 valence electrons. The van der Waals surface area contributed by atoms with Gasteiger partial charge < -0.3 is 0 Å². The minimum absolute atomic E-state index is 0. The Morgan fingerprint density at radius 1 is 0.250 bits per heavy atom. The van der Waals surface area contributed by atoms with Crippen molar-refractivity contribution in [2.24, 2.45) is 0 Å². The molecule has 0 aliphatic rings. The third-order valence-corrected chi connectivity index (χ3v) is 4.78. The Hall–Kier alpha value is -4.20. The fraction of sp³-hybridized carbons (Fsp3) is 0. The molecule has 6 heterocycles. The van der Waals surface area contributed by atoms with E-state index in [4.69, 9.17) is 55.9 Å².